The van der Waals surface area contributed by atoms with Crippen molar-refractivity contribution in [2.45, 2.75) is 51.0 Å². The van der Waals surface area contributed by atoms with Crippen LogP contribution >= 0.6 is 0 Å². The SMILES string of the molecule is C=CC(C)(C)c1cc(C2COc3c(cc4c(c3O)OC(C)(C)C=C4)C2)c(O)c(O)c1OC. The number of phenolic OH excluding ortho intramolecular Hbond substituents is 3. The van der Waals surface area contributed by atoms with Crippen molar-refractivity contribution in [3.8, 4) is 34.5 Å². The molecule has 2 aliphatic heterocycles. The van der Waals surface area contributed by atoms with Crippen molar-refractivity contribution in [1.29, 1.82) is 0 Å². The van der Waals surface area contributed by atoms with E-state index in [1.54, 1.807) is 6.08 Å². The molecule has 1 unspecified atom stereocenters. The summed E-state index contributed by atoms with van der Waals surface area (Å²) in [7, 11) is 1.46. The van der Waals surface area contributed by atoms with Crippen LogP contribution in [0.5, 0.6) is 34.5 Å². The zero-order valence-electron chi connectivity index (χ0n) is 19.2. The number of allylic oxidation sites excluding steroid dienone is 1. The molecule has 2 aliphatic rings. The Labute approximate surface area is 188 Å². The topological polar surface area (TPSA) is 88.4 Å². The normalized spacial score (nSPS) is 18.7. The van der Waals surface area contributed by atoms with Crippen LogP contribution in [0.2, 0.25) is 0 Å². The van der Waals surface area contributed by atoms with Crippen molar-refractivity contribution in [1.82, 2.24) is 0 Å². The summed E-state index contributed by atoms with van der Waals surface area (Å²) >= 11 is 0. The fourth-order valence-electron chi connectivity index (χ4n) is 4.32. The molecule has 3 N–H and O–H groups in total. The molecule has 0 spiro atoms. The molecule has 1 atom stereocenters. The van der Waals surface area contributed by atoms with E-state index in [4.69, 9.17) is 14.2 Å². The number of phenols is 3. The Hall–Kier alpha value is -3.28. The van der Waals surface area contributed by atoms with E-state index in [1.807, 2.05) is 52.0 Å². The fourth-order valence-corrected chi connectivity index (χ4v) is 4.32. The number of rotatable bonds is 4. The lowest BCUT2D eigenvalue weighted by Gasteiger charge is -2.33. The van der Waals surface area contributed by atoms with Gasteiger partial charge in [0.05, 0.1) is 13.7 Å². The Morgan fingerprint density at radius 3 is 2.50 bits per heavy atom. The third kappa shape index (κ3) is 3.44. The van der Waals surface area contributed by atoms with Gasteiger partial charge in [-0.3, -0.25) is 0 Å². The highest BCUT2D eigenvalue weighted by molar-refractivity contribution is 5.71. The van der Waals surface area contributed by atoms with Crippen LogP contribution in [0, 0.1) is 0 Å². The van der Waals surface area contributed by atoms with E-state index in [1.165, 1.54) is 7.11 Å². The molecule has 2 aromatic rings. The molecule has 6 nitrogen and oxygen atoms in total. The second kappa shape index (κ2) is 7.40. The number of aromatic hydroxyl groups is 3. The first-order valence-corrected chi connectivity index (χ1v) is 10.7. The maximum absolute atomic E-state index is 10.8. The van der Waals surface area contributed by atoms with Crippen LogP contribution in [0.4, 0.5) is 0 Å². The van der Waals surface area contributed by atoms with Gasteiger partial charge < -0.3 is 29.5 Å². The average molecular weight is 439 g/mol. The van der Waals surface area contributed by atoms with Crippen molar-refractivity contribution in [2.75, 3.05) is 13.7 Å². The molecule has 0 aromatic heterocycles. The Kier molecular flexibility index (Phi) is 5.07. The Morgan fingerprint density at radius 2 is 1.84 bits per heavy atom. The van der Waals surface area contributed by atoms with E-state index in [0.717, 1.165) is 16.7 Å². The molecule has 6 heteroatoms. The minimum absolute atomic E-state index is 0.0105. The van der Waals surface area contributed by atoms with Crippen molar-refractivity contribution in [3.05, 3.63) is 53.1 Å². The molecular weight excluding hydrogens is 408 g/mol. The summed E-state index contributed by atoms with van der Waals surface area (Å²) in [5.74, 6) is 0.265. The smallest absolute Gasteiger partial charge is 0.201 e. The van der Waals surface area contributed by atoms with E-state index >= 15 is 0 Å². The summed E-state index contributed by atoms with van der Waals surface area (Å²) in [5, 5.41) is 32.3. The summed E-state index contributed by atoms with van der Waals surface area (Å²) in [4.78, 5) is 0. The monoisotopic (exact) mass is 438 g/mol. The summed E-state index contributed by atoms with van der Waals surface area (Å²) in [6, 6.07) is 3.79. The quantitative estimate of drug-likeness (QED) is 0.450. The second-order valence-corrected chi connectivity index (χ2v) is 9.55. The van der Waals surface area contributed by atoms with E-state index in [9.17, 15) is 15.3 Å². The van der Waals surface area contributed by atoms with E-state index in [0.29, 0.717) is 23.5 Å². The van der Waals surface area contributed by atoms with E-state index in [2.05, 4.69) is 6.58 Å². The second-order valence-electron chi connectivity index (χ2n) is 9.55. The van der Waals surface area contributed by atoms with Gasteiger partial charge in [-0.25, -0.2) is 0 Å². The van der Waals surface area contributed by atoms with Crippen molar-refractivity contribution in [2.24, 2.45) is 0 Å². The molecule has 0 fully saturated rings. The number of benzene rings is 2. The zero-order chi connectivity index (χ0) is 23.4. The molecule has 2 heterocycles. The molecule has 0 amide bonds. The lowest BCUT2D eigenvalue weighted by atomic mass is 9.80. The van der Waals surface area contributed by atoms with Gasteiger partial charge in [-0.1, -0.05) is 26.0 Å². The number of fused-ring (bicyclic) bond motifs is 2. The van der Waals surface area contributed by atoms with Crippen LogP contribution in [0.25, 0.3) is 6.08 Å². The van der Waals surface area contributed by atoms with Gasteiger partial charge in [0.25, 0.3) is 0 Å². The Balaban J connectivity index is 1.78. The summed E-state index contributed by atoms with van der Waals surface area (Å²) in [6.07, 6.45) is 6.17. The molecule has 4 rings (SSSR count). The van der Waals surface area contributed by atoms with E-state index < -0.39 is 11.0 Å². The molecular formula is C26H30O6. The van der Waals surface area contributed by atoms with Gasteiger partial charge >= 0.3 is 0 Å². The van der Waals surface area contributed by atoms with Crippen molar-refractivity contribution >= 4 is 6.08 Å². The lowest BCUT2D eigenvalue weighted by Crippen LogP contribution is -2.28. The van der Waals surface area contributed by atoms with Crippen LogP contribution in [0.3, 0.4) is 0 Å². The average Bonchev–Trinajstić information content (AvgIpc) is 2.75. The van der Waals surface area contributed by atoms with Crippen molar-refractivity contribution < 1.29 is 29.5 Å². The maximum Gasteiger partial charge on any atom is 0.201 e. The lowest BCUT2D eigenvalue weighted by molar-refractivity contribution is 0.149. The highest BCUT2D eigenvalue weighted by Gasteiger charge is 2.34. The fraction of sp³-hybridized carbons (Fsp3) is 0.385. The molecule has 2 aromatic carbocycles. The summed E-state index contributed by atoms with van der Waals surface area (Å²) < 4.78 is 17.3. The van der Waals surface area contributed by atoms with Crippen molar-refractivity contribution in [3.63, 3.8) is 0 Å². The van der Waals surface area contributed by atoms with E-state index in [-0.39, 0.29) is 35.5 Å². The predicted octanol–water partition coefficient (Wildman–Crippen LogP) is 5.18. The largest absolute Gasteiger partial charge is 0.504 e. The zero-order valence-corrected chi connectivity index (χ0v) is 19.2. The highest BCUT2D eigenvalue weighted by Crippen LogP contribution is 2.52. The minimum atomic E-state index is -0.517. The van der Waals surface area contributed by atoms with Crippen LogP contribution in [-0.4, -0.2) is 34.6 Å². The minimum Gasteiger partial charge on any atom is -0.504 e. The van der Waals surface area contributed by atoms with Crippen LogP contribution in [0.15, 0.2) is 30.9 Å². The molecule has 0 saturated heterocycles. The van der Waals surface area contributed by atoms with Crippen LogP contribution in [0.1, 0.15) is 55.9 Å². The Bertz CT molecular complexity index is 1130. The first-order chi connectivity index (χ1) is 15.0. The molecule has 32 heavy (non-hydrogen) atoms. The highest BCUT2D eigenvalue weighted by atomic mass is 16.5. The molecule has 0 radical (unpaired) electrons. The predicted molar refractivity (Wildman–Crippen MR) is 123 cm³/mol. The number of hydrogen-bond acceptors (Lipinski definition) is 6. The molecule has 170 valence electrons. The summed E-state index contributed by atoms with van der Waals surface area (Å²) in [5.41, 5.74) is 1.86. The molecule has 0 aliphatic carbocycles. The molecule has 0 saturated carbocycles. The van der Waals surface area contributed by atoms with Gasteiger partial charge in [0.15, 0.2) is 23.0 Å². The molecule has 0 bridgehead atoms. The van der Waals surface area contributed by atoms with Gasteiger partial charge in [0, 0.05) is 28.0 Å². The van der Waals surface area contributed by atoms with Gasteiger partial charge in [-0.2, -0.15) is 0 Å². The van der Waals surface area contributed by atoms with Crippen LogP contribution < -0.4 is 14.2 Å². The number of methoxy groups -OCH3 is 1. The summed E-state index contributed by atoms with van der Waals surface area (Å²) in [6.45, 7) is 11.9. The van der Waals surface area contributed by atoms with Gasteiger partial charge in [-0.15, -0.1) is 6.58 Å². The first-order valence-electron chi connectivity index (χ1n) is 10.7. The standard InChI is InChI=1S/C26H30O6/c1-7-25(2,3)18-12-17(19(27)20(28)24(18)30-6)16-11-15-10-14-8-9-26(4,5)32-23(14)21(29)22(15)31-13-16/h7-10,12,16,27-29H,1,11,13H2,2-6H3. The van der Waals surface area contributed by atoms with Gasteiger partial charge in [-0.05, 0) is 44.0 Å². The van der Waals surface area contributed by atoms with Crippen LogP contribution in [-0.2, 0) is 11.8 Å². The van der Waals surface area contributed by atoms with Gasteiger partial charge in [0.1, 0.15) is 5.60 Å². The first kappa shape index (κ1) is 21.9. The number of hydrogen-bond donors (Lipinski definition) is 3. The third-order valence-electron chi connectivity index (χ3n) is 6.34. The van der Waals surface area contributed by atoms with Gasteiger partial charge in [0.2, 0.25) is 11.5 Å². The number of ether oxygens (including phenoxy) is 3. The Morgan fingerprint density at radius 1 is 1.12 bits per heavy atom. The third-order valence-corrected chi connectivity index (χ3v) is 6.34. The maximum atomic E-state index is 10.8.